The number of hydrogen-bond donors (Lipinski definition) is 2. The first kappa shape index (κ1) is 21.4. The summed E-state index contributed by atoms with van der Waals surface area (Å²) in [6.07, 6.45) is 0.714. The topological polar surface area (TPSA) is 78.7 Å². The molecule has 4 rings (SSSR count). The van der Waals surface area contributed by atoms with E-state index in [2.05, 4.69) is 20.9 Å². The Morgan fingerprint density at radius 2 is 1.87 bits per heavy atom. The average molecular weight is 500 g/mol. The fourth-order valence-corrected chi connectivity index (χ4v) is 4.65. The second-order valence-electron chi connectivity index (χ2n) is 7.08. The lowest BCUT2D eigenvalue weighted by molar-refractivity contribution is 0.349. The van der Waals surface area contributed by atoms with E-state index in [1.54, 1.807) is 14.2 Å². The van der Waals surface area contributed by atoms with Crippen LogP contribution in [0.4, 0.5) is 0 Å². The van der Waals surface area contributed by atoms with Crippen LogP contribution in [0.15, 0.2) is 58.1 Å². The molecule has 3 aromatic rings. The van der Waals surface area contributed by atoms with Crippen LogP contribution < -0.4 is 9.47 Å². The number of aromatic nitrogens is 1. The van der Waals surface area contributed by atoms with Crippen LogP contribution in [0.25, 0.3) is 16.8 Å². The van der Waals surface area contributed by atoms with Gasteiger partial charge in [-0.2, -0.15) is 0 Å². The van der Waals surface area contributed by atoms with Gasteiger partial charge >= 0.3 is 0 Å². The summed E-state index contributed by atoms with van der Waals surface area (Å²) in [7, 11) is 3.22. The zero-order valence-corrected chi connectivity index (χ0v) is 19.6. The van der Waals surface area contributed by atoms with Crippen LogP contribution in [0.3, 0.4) is 0 Å². The van der Waals surface area contributed by atoms with Gasteiger partial charge < -0.3 is 19.5 Å². The Kier molecular flexibility index (Phi) is 6.29. The molecule has 0 saturated heterocycles. The van der Waals surface area contributed by atoms with Gasteiger partial charge in [-0.15, -0.1) is 11.3 Å². The van der Waals surface area contributed by atoms with Crippen molar-refractivity contribution in [2.75, 3.05) is 27.3 Å². The molecule has 160 valence electrons. The largest absolute Gasteiger partial charge is 0.510 e. The number of aliphatic hydroxyl groups excluding tert-OH is 1. The summed E-state index contributed by atoms with van der Waals surface area (Å²) in [4.78, 5) is 6.54. The molecule has 0 spiro atoms. The van der Waals surface area contributed by atoms with Gasteiger partial charge in [-0.25, -0.2) is 4.98 Å². The summed E-state index contributed by atoms with van der Waals surface area (Å²) in [5.74, 6) is 1.86. The molecule has 0 fully saturated rings. The molecular formula is C23H22BrN3O3S. The zero-order valence-electron chi connectivity index (χ0n) is 17.2. The predicted molar refractivity (Wildman–Crippen MR) is 127 cm³/mol. The highest BCUT2D eigenvalue weighted by atomic mass is 79.9. The Labute approximate surface area is 193 Å². The Hall–Kier alpha value is -2.84. The lowest BCUT2D eigenvalue weighted by Crippen LogP contribution is -2.28. The number of amidine groups is 1. The van der Waals surface area contributed by atoms with E-state index in [1.165, 1.54) is 11.3 Å². The SMILES string of the molecule is COc1ccc(CCN2CC(O)=C(c3nc(-c4ccc(Br)cc4)cs3)C2=N)cc1OC. The quantitative estimate of drug-likeness (QED) is 0.455. The van der Waals surface area contributed by atoms with Crippen LogP contribution in [0.5, 0.6) is 11.5 Å². The van der Waals surface area contributed by atoms with E-state index in [9.17, 15) is 5.11 Å². The van der Waals surface area contributed by atoms with Crippen molar-refractivity contribution < 1.29 is 14.6 Å². The van der Waals surface area contributed by atoms with Gasteiger partial charge in [0, 0.05) is 22.0 Å². The van der Waals surface area contributed by atoms with Gasteiger partial charge in [0.25, 0.3) is 0 Å². The lowest BCUT2D eigenvalue weighted by Gasteiger charge is -2.18. The van der Waals surface area contributed by atoms with Crippen LogP contribution >= 0.6 is 27.3 Å². The number of ether oxygens (including phenoxy) is 2. The summed E-state index contributed by atoms with van der Waals surface area (Å²) >= 11 is 4.88. The van der Waals surface area contributed by atoms with Crippen molar-refractivity contribution >= 4 is 38.7 Å². The number of nitrogens with zero attached hydrogens (tertiary/aromatic N) is 2. The molecule has 0 unspecified atom stereocenters. The smallest absolute Gasteiger partial charge is 0.160 e. The molecule has 0 amide bonds. The maximum absolute atomic E-state index is 10.6. The van der Waals surface area contributed by atoms with Gasteiger partial charge in [0.2, 0.25) is 0 Å². The molecular weight excluding hydrogens is 478 g/mol. The second kappa shape index (κ2) is 9.11. The van der Waals surface area contributed by atoms with Crippen LogP contribution in [-0.2, 0) is 6.42 Å². The Bertz CT molecular complexity index is 1140. The maximum Gasteiger partial charge on any atom is 0.160 e. The van der Waals surface area contributed by atoms with Crippen molar-refractivity contribution in [3.8, 4) is 22.8 Å². The third-order valence-electron chi connectivity index (χ3n) is 5.16. The number of rotatable bonds is 7. The summed E-state index contributed by atoms with van der Waals surface area (Å²) < 4.78 is 11.7. The molecule has 31 heavy (non-hydrogen) atoms. The molecule has 0 atom stereocenters. The van der Waals surface area contributed by atoms with Crippen LogP contribution in [0.2, 0.25) is 0 Å². The average Bonchev–Trinajstić information content (AvgIpc) is 3.36. The standard InChI is InChI=1S/C23H22BrN3O3S/c1-29-19-8-3-14(11-20(19)30-2)9-10-27-12-18(28)21(22(27)25)23-26-17(13-31-23)15-4-6-16(24)7-5-15/h3-8,11,13,25,28H,9-10,12H2,1-2H3. The Balaban J connectivity index is 1.46. The number of methoxy groups -OCH3 is 2. The monoisotopic (exact) mass is 499 g/mol. The number of hydrogen-bond acceptors (Lipinski definition) is 6. The molecule has 1 aliphatic rings. The van der Waals surface area contributed by atoms with Crippen LogP contribution in [0, 0.1) is 5.41 Å². The van der Waals surface area contributed by atoms with E-state index >= 15 is 0 Å². The molecule has 1 aliphatic heterocycles. The highest BCUT2D eigenvalue weighted by Gasteiger charge is 2.30. The Morgan fingerprint density at radius 1 is 1.13 bits per heavy atom. The first-order chi connectivity index (χ1) is 15.0. The van der Waals surface area contributed by atoms with Crippen LogP contribution in [-0.4, -0.2) is 48.1 Å². The van der Waals surface area contributed by atoms with Gasteiger partial charge in [-0.1, -0.05) is 34.1 Å². The summed E-state index contributed by atoms with van der Waals surface area (Å²) in [5, 5.41) is 21.8. The molecule has 0 saturated carbocycles. The fourth-order valence-electron chi connectivity index (χ4n) is 3.49. The molecule has 0 aliphatic carbocycles. The van der Waals surface area contributed by atoms with E-state index in [-0.39, 0.29) is 5.76 Å². The van der Waals surface area contributed by atoms with Crippen molar-refractivity contribution in [2.45, 2.75) is 6.42 Å². The molecule has 0 radical (unpaired) electrons. The van der Waals surface area contributed by atoms with Gasteiger partial charge in [0.1, 0.15) is 16.6 Å². The summed E-state index contributed by atoms with van der Waals surface area (Å²) in [5.41, 5.74) is 3.43. The maximum atomic E-state index is 10.6. The van der Waals surface area contributed by atoms with E-state index in [4.69, 9.17) is 14.9 Å². The minimum Gasteiger partial charge on any atom is -0.510 e. The molecule has 1 aromatic heterocycles. The minimum absolute atomic E-state index is 0.189. The highest BCUT2D eigenvalue weighted by Crippen LogP contribution is 2.33. The van der Waals surface area contributed by atoms with Crippen molar-refractivity contribution in [1.82, 2.24) is 9.88 Å². The number of thiazole rings is 1. The van der Waals surface area contributed by atoms with E-state index < -0.39 is 0 Å². The van der Waals surface area contributed by atoms with Crippen molar-refractivity contribution in [2.24, 2.45) is 0 Å². The fraction of sp³-hybridized carbons (Fsp3) is 0.217. The van der Waals surface area contributed by atoms with Crippen molar-refractivity contribution in [1.29, 1.82) is 5.41 Å². The first-order valence-corrected chi connectivity index (χ1v) is 11.4. The first-order valence-electron chi connectivity index (χ1n) is 9.69. The predicted octanol–water partition coefficient (Wildman–Crippen LogP) is 5.39. The summed E-state index contributed by atoms with van der Waals surface area (Å²) in [6.45, 7) is 0.918. The molecule has 2 N–H and O–H groups in total. The van der Waals surface area contributed by atoms with Gasteiger partial charge in [0.15, 0.2) is 11.5 Å². The van der Waals surface area contributed by atoms with Gasteiger partial charge in [-0.3, -0.25) is 5.41 Å². The number of nitrogens with one attached hydrogen (secondary N) is 1. The van der Waals surface area contributed by atoms with Gasteiger partial charge in [-0.05, 0) is 36.2 Å². The number of aliphatic hydroxyl groups is 1. The van der Waals surface area contributed by atoms with Crippen molar-refractivity contribution in [3.63, 3.8) is 0 Å². The molecule has 2 aromatic carbocycles. The third-order valence-corrected chi connectivity index (χ3v) is 6.55. The normalized spacial score (nSPS) is 13.8. The lowest BCUT2D eigenvalue weighted by atomic mass is 10.1. The molecule has 6 nitrogen and oxygen atoms in total. The molecule has 0 bridgehead atoms. The third kappa shape index (κ3) is 4.45. The number of benzene rings is 2. The van der Waals surface area contributed by atoms with Crippen LogP contribution in [0.1, 0.15) is 10.6 Å². The van der Waals surface area contributed by atoms with E-state index in [0.717, 1.165) is 21.3 Å². The molecule has 8 heteroatoms. The number of halogens is 1. The van der Waals surface area contributed by atoms with Crippen molar-refractivity contribution in [3.05, 3.63) is 68.6 Å². The minimum atomic E-state index is 0.189. The van der Waals surface area contributed by atoms with Gasteiger partial charge in [0.05, 0.1) is 32.0 Å². The second-order valence-corrected chi connectivity index (χ2v) is 8.85. The summed E-state index contributed by atoms with van der Waals surface area (Å²) in [6, 6.07) is 13.7. The van der Waals surface area contributed by atoms with E-state index in [1.807, 2.05) is 52.7 Å². The molecule has 2 heterocycles. The highest BCUT2D eigenvalue weighted by molar-refractivity contribution is 9.10. The zero-order chi connectivity index (χ0) is 22.0. The Morgan fingerprint density at radius 3 is 2.58 bits per heavy atom. The van der Waals surface area contributed by atoms with E-state index in [0.29, 0.717) is 47.4 Å².